The molecule has 0 saturated heterocycles. The van der Waals surface area contributed by atoms with Crippen molar-refractivity contribution in [3.05, 3.63) is 11.1 Å². The molecular weight excluding hydrogens is 237 g/mol. The van der Waals surface area contributed by atoms with Gasteiger partial charge in [-0.3, -0.25) is 0 Å². The first-order chi connectivity index (χ1) is 7.47. The SMILES string of the molecule is Nc1nc(C2CCCC(C(F)(F)F)C2)cs1. The van der Waals surface area contributed by atoms with E-state index in [9.17, 15) is 13.2 Å². The fourth-order valence-corrected chi connectivity index (χ4v) is 2.89. The van der Waals surface area contributed by atoms with Crippen LogP contribution in [0.25, 0.3) is 0 Å². The van der Waals surface area contributed by atoms with Gasteiger partial charge >= 0.3 is 6.18 Å². The van der Waals surface area contributed by atoms with Crippen molar-refractivity contribution in [2.24, 2.45) is 5.92 Å². The van der Waals surface area contributed by atoms with Crippen LogP contribution in [0, 0.1) is 5.92 Å². The van der Waals surface area contributed by atoms with E-state index in [0.717, 1.165) is 12.1 Å². The Labute approximate surface area is 95.7 Å². The highest BCUT2D eigenvalue weighted by atomic mass is 32.1. The Balaban J connectivity index is 2.07. The zero-order valence-electron chi connectivity index (χ0n) is 8.63. The number of rotatable bonds is 1. The number of halogens is 3. The lowest BCUT2D eigenvalue weighted by molar-refractivity contribution is -0.183. The van der Waals surface area contributed by atoms with Gasteiger partial charge in [0.05, 0.1) is 11.6 Å². The lowest BCUT2D eigenvalue weighted by atomic mass is 9.80. The zero-order chi connectivity index (χ0) is 11.8. The molecule has 0 amide bonds. The minimum absolute atomic E-state index is 0.0751. The van der Waals surface area contributed by atoms with E-state index in [4.69, 9.17) is 5.73 Å². The molecule has 1 aromatic rings. The molecule has 16 heavy (non-hydrogen) atoms. The molecule has 2 nitrogen and oxygen atoms in total. The molecule has 2 N–H and O–H groups in total. The lowest BCUT2D eigenvalue weighted by Gasteiger charge is -2.29. The molecule has 0 radical (unpaired) electrons. The molecule has 1 fully saturated rings. The van der Waals surface area contributed by atoms with E-state index in [-0.39, 0.29) is 18.8 Å². The summed E-state index contributed by atoms with van der Waals surface area (Å²) in [5.41, 5.74) is 6.22. The highest BCUT2D eigenvalue weighted by molar-refractivity contribution is 7.13. The summed E-state index contributed by atoms with van der Waals surface area (Å²) in [6, 6.07) is 0. The topological polar surface area (TPSA) is 38.9 Å². The number of nitrogens with zero attached hydrogens (tertiary/aromatic N) is 1. The average Bonchev–Trinajstić information content (AvgIpc) is 2.64. The van der Waals surface area contributed by atoms with Crippen LogP contribution in [-0.2, 0) is 0 Å². The minimum Gasteiger partial charge on any atom is -0.375 e. The van der Waals surface area contributed by atoms with E-state index in [1.807, 2.05) is 0 Å². The van der Waals surface area contributed by atoms with Crippen LogP contribution in [-0.4, -0.2) is 11.2 Å². The molecule has 1 heterocycles. The molecule has 0 spiro atoms. The minimum atomic E-state index is -4.07. The van der Waals surface area contributed by atoms with E-state index in [0.29, 0.717) is 11.6 Å². The molecule has 2 unspecified atom stereocenters. The molecule has 1 aliphatic rings. The Hall–Kier alpha value is -0.780. The van der Waals surface area contributed by atoms with Crippen LogP contribution in [0.15, 0.2) is 5.38 Å². The van der Waals surface area contributed by atoms with Crippen molar-refractivity contribution >= 4 is 16.5 Å². The first kappa shape index (κ1) is 11.7. The second kappa shape index (κ2) is 4.24. The van der Waals surface area contributed by atoms with Gasteiger partial charge in [-0.2, -0.15) is 13.2 Å². The van der Waals surface area contributed by atoms with Gasteiger partial charge in [0.25, 0.3) is 0 Å². The quantitative estimate of drug-likeness (QED) is 0.827. The van der Waals surface area contributed by atoms with Crippen molar-refractivity contribution in [1.82, 2.24) is 4.98 Å². The van der Waals surface area contributed by atoms with Crippen LogP contribution in [0.5, 0.6) is 0 Å². The van der Waals surface area contributed by atoms with Gasteiger partial charge in [0, 0.05) is 11.3 Å². The molecule has 0 aromatic carbocycles. The van der Waals surface area contributed by atoms with Crippen molar-refractivity contribution in [1.29, 1.82) is 0 Å². The standard InChI is InChI=1S/C10H13F3N2S/c11-10(12,13)7-3-1-2-6(4-7)8-5-16-9(14)15-8/h5-7H,1-4H2,(H2,14,15). The van der Waals surface area contributed by atoms with Gasteiger partial charge in [0.15, 0.2) is 5.13 Å². The van der Waals surface area contributed by atoms with Crippen molar-refractivity contribution in [2.75, 3.05) is 5.73 Å². The number of alkyl halides is 3. The van der Waals surface area contributed by atoms with Crippen LogP contribution in [0.3, 0.4) is 0 Å². The van der Waals surface area contributed by atoms with Crippen LogP contribution in [0.4, 0.5) is 18.3 Å². The van der Waals surface area contributed by atoms with Gasteiger partial charge in [-0.05, 0) is 19.3 Å². The Bertz CT molecular complexity index is 361. The molecule has 0 aliphatic heterocycles. The summed E-state index contributed by atoms with van der Waals surface area (Å²) in [5.74, 6) is -1.25. The highest BCUT2D eigenvalue weighted by Crippen LogP contribution is 2.43. The summed E-state index contributed by atoms with van der Waals surface area (Å²) < 4.78 is 37.8. The molecule has 0 bridgehead atoms. The van der Waals surface area contributed by atoms with Gasteiger partial charge in [0.1, 0.15) is 0 Å². The van der Waals surface area contributed by atoms with Crippen LogP contribution in [0.1, 0.15) is 37.3 Å². The number of aromatic nitrogens is 1. The monoisotopic (exact) mass is 250 g/mol. The van der Waals surface area contributed by atoms with Gasteiger partial charge < -0.3 is 5.73 Å². The zero-order valence-corrected chi connectivity index (χ0v) is 9.44. The van der Waals surface area contributed by atoms with E-state index < -0.39 is 12.1 Å². The highest BCUT2D eigenvalue weighted by Gasteiger charge is 2.42. The molecule has 2 rings (SSSR count). The van der Waals surface area contributed by atoms with Crippen molar-refractivity contribution in [2.45, 2.75) is 37.8 Å². The van der Waals surface area contributed by atoms with Gasteiger partial charge in [0.2, 0.25) is 0 Å². The molecule has 1 aliphatic carbocycles. The molecule has 1 saturated carbocycles. The number of nitrogen functional groups attached to an aromatic ring is 1. The predicted octanol–water partition coefficient (Wildman–Crippen LogP) is 3.56. The first-order valence-corrected chi connectivity index (χ1v) is 6.12. The van der Waals surface area contributed by atoms with Gasteiger partial charge in [-0.25, -0.2) is 4.98 Å². The van der Waals surface area contributed by atoms with Crippen molar-refractivity contribution in [3.63, 3.8) is 0 Å². The number of anilines is 1. The Morgan fingerprint density at radius 2 is 2.12 bits per heavy atom. The summed E-state index contributed by atoms with van der Waals surface area (Å²) in [7, 11) is 0. The van der Waals surface area contributed by atoms with E-state index >= 15 is 0 Å². The van der Waals surface area contributed by atoms with Gasteiger partial charge in [-0.1, -0.05) is 6.42 Å². The van der Waals surface area contributed by atoms with E-state index in [2.05, 4.69) is 4.98 Å². The van der Waals surface area contributed by atoms with Crippen molar-refractivity contribution < 1.29 is 13.2 Å². The fraction of sp³-hybridized carbons (Fsp3) is 0.700. The second-order valence-electron chi connectivity index (χ2n) is 4.21. The molecule has 90 valence electrons. The second-order valence-corrected chi connectivity index (χ2v) is 5.10. The lowest BCUT2D eigenvalue weighted by Crippen LogP contribution is -2.28. The Morgan fingerprint density at radius 1 is 1.38 bits per heavy atom. The molecule has 6 heteroatoms. The van der Waals surface area contributed by atoms with E-state index in [1.165, 1.54) is 11.3 Å². The predicted molar refractivity (Wildman–Crippen MR) is 57.3 cm³/mol. The Morgan fingerprint density at radius 3 is 2.69 bits per heavy atom. The maximum absolute atomic E-state index is 12.6. The van der Waals surface area contributed by atoms with Gasteiger partial charge in [-0.15, -0.1) is 11.3 Å². The van der Waals surface area contributed by atoms with E-state index in [1.54, 1.807) is 5.38 Å². The normalized spacial score (nSPS) is 26.9. The van der Waals surface area contributed by atoms with Crippen LogP contribution >= 0.6 is 11.3 Å². The van der Waals surface area contributed by atoms with Crippen LogP contribution in [0.2, 0.25) is 0 Å². The summed E-state index contributed by atoms with van der Waals surface area (Å²) in [4.78, 5) is 4.08. The number of thiazole rings is 1. The summed E-state index contributed by atoms with van der Waals surface area (Å²) in [6.45, 7) is 0. The number of hydrogen-bond donors (Lipinski definition) is 1. The average molecular weight is 250 g/mol. The summed E-state index contributed by atoms with van der Waals surface area (Å²) in [5, 5.41) is 2.21. The fourth-order valence-electron chi connectivity index (χ4n) is 2.24. The van der Waals surface area contributed by atoms with Crippen LogP contribution < -0.4 is 5.73 Å². The first-order valence-electron chi connectivity index (χ1n) is 5.24. The number of hydrogen-bond acceptors (Lipinski definition) is 3. The molecular formula is C10H13F3N2S. The third-order valence-corrected chi connectivity index (χ3v) is 3.79. The summed E-state index contributed by atoms with van der Waals surface area (Å²) in [6.07, 6.45) is -2.26. The molecule has 2 atom stereocenters. The third kappa shape index (κ3) is 2.48. The summed E-state index contributed by atoms with van der Waals surface area (Å²) >= 11 is 1.29. The van der Waals surface area contributed by atoms with Crippen molar-refractivity contribution in [3.8, 4) is 0 Å². The Kier molecular flexibility index (Phi) is 3.10. The smallest absolute Gasteiger partial charge is 0.375 e. The third-order valence-electron chi connectivity index (χ3n) is 3.10. The largest absolute Gasteiger partial charge is 0.391 e. The molecule has 1 aromatic heterocycles. The number of nitrogens with two attached hydrogens (primary N) is 1. The maximum Gasteiger partial charge on any atom is 0.391 e. The maximum atomic E-state index is 12.6.